The maximum atomic E-state index is 12.3. The Morgan fingerprint density at radius 3 is 2.68 bits per heavy atom. The van der Waals surface area contributed by atoms with Crippen molar-refractivity contribution in [3.05, 3.63) is 52.9 Å². The molecule has 0 fully saturated rings. The third-order valence-electron chi connectivity index (χ3n) is 3.52. The van der Waals surface area contributed by atoms with Gasteiger partial charge in [0.1, 0.15) is 12.4 Å². The van der Waals surface area contributed by atoms with Crippen LogP contribution >= 0.6 is 11.6 Å². The van der Waals surface area contributed by atoms with E-state index in [1.165, 1.54) is 16.8 Å². The van der Waals surface area contributed by atoms with Gasteiger partial charge in [-0.05, 0) is 18.2 Å². The number of hydrogen-bond donors (Lipinski definition) is 3. The van der Waals surface area contributed by atoms with E-state index in [0.29, 0.717) is 27.4 Å². The second kappa shape index (κ2) is 6.88. The summed E-state index contributed by atoms with van der Waals surface area (Å²) in [6, 6.07) is 8.06. The van der Waals surface area contributed by atoms with Gasteiger partial charge in [0.25, 0.3) is 0 Å². The van der Waals surface area contributed by atoms with Crippen LogP contribution in [0.25, 0.3) is 11.0 Å². The molecule has 0 aliphatic rings. The molecule has 0 radical (unpaired) electrons. The number of carboxylic acids is 1. The van der Waals surface area contributed by atoms with Gasteiger partial charge in [0.05, 0.1) is 22.7 Å². The molecule has 0 aliphatic heterocycles. The number of amides is 1. The predicted molar refractivity (Wildman–Crippen MR) is 90.5 cm³/mol. The van der Waals surface area contributed by atoms with Gasteiger partial charge in [-0.2, -0.15) is 0 Å². The lowest BCUT2D eigenvalue weighted by Gasteiger charge is -2.08. The second-order valence-corrected chi connectivity index (χ2v) is 5.62. The molecule has 0 saturated carbocycles. The average Bonchev–Trinajstić information content (AvgIpc) is 2.96. The van der Waals surface area contributed by atoms with Gasteiger partial charge in [-0.15, -0.1) is 0 Å². The monoisotopic (exact) mass is 360 g/mol. The van der Waals surface area contributed by atoms with E-state index >= 15 is 0 Å². The third kappa shape index (κ3) is 3.44. The average molecular weight is 361 g/mol. The number of imidazole rings is 1. The van der Waals surface area contributed by atoms with Crippen molar-refractivity contribution in [1.29, 1.82) is 0 Å². The van der Waals surface area contributed by atoms with E-state index in [1.807, 2.05) is 0 Å². The summed E-state index contributed by atoms with van der Waals surface area (Å²) in [5, 5.41) is 21.7. The molecule has 0 unspecified atom stereocenters. The number of benzene rings is 1. The number of carboxylic acid groups (broad SMARTS) is 1. The highest BCUT2D eigenvalue weighted by Crippen LogP contribution is 2.21. The molecule has 9 heteroatoms. The van der Waals surface area contributed by atoms with Crippen LogP contribution in [0.5, 0.6) is 0 Å². The zero-order valence-electron chi connectivity index (χ0n) is 12.8. The van der Waals surface area contributed by atoms with Crippen molar-refractivity contribution in [2.45, 2.75) is 13.2 Å². The number of nitrogens with one attached hydrogen (secondary N) is 1. The van der Waals surface area contributed by atoms with Crippen molar-refractivity contribution >= 4 is 40.3 Å². The molecule has 2 heterocycles. The van der Waals surface area contributed by atoms with Gasteiger partial charge in [-0.1, -0.05) is 23.7 Å². The van der Waals surface area contributed by atoms with Gasteiger partial charge < -0.3 is 20.1 Å². The smallest absolute Gasteiger partial charge is 0.372 e. The lowest BCUT2D eigenvalue weighted by molar-refractivity contribution is -0.116. The largest absolute Gasteiger partial charge is 0.475 e. The number of nitrogens with zero attached hydrogens (tertiary/aromatic N) is 3. The molecule has 0 spiro atoms. The van der Waals surface area contributed by atoms with E-state index in [1.54, 1.807) is 24.3 Å². The normalized spacial score (nSPS) is 10.8. The van der Waals surface area contributed by atoms with Crippen LogP contribution in [0.3, 0.4) is 0 Å². The highest BCUT2D eigenvalue weighted by molar-refractivity contribution is 6.30. The first-order chi connectivity index (χ1) is 12.0. The predicted octanol–water partition coefficient (Wildman–Crippen LogP) is 1.91. The SMILES string of the molecule is O=C(Cn1c(C(=O)O)nc2c(CO)cccc21)Nc1ccc(Cl)cn1. The number of aromatic carboxylic acids is 1. The van der Waals surface area contributed by atoms with Crippen molar-refractivity contribution in [2.24, 2.45) is 0 Å². The van der Waals surface area contributed by atoms with Gasteiger partial charge in [-0.25, -0.2) is 14.8 Å². The third-order valence-corrected chi connectivity index (χ3v) is 3.74. The fourth-order valence-corrected chi connectivity index (χ4v) is 2.54. The molecule has 2 aromatic heterocycles. The minimum Gasteiger partial charge on any atom is -0.475 e. The minimum absolute atomic E-state index is 0.267. The van der Waals surface area contributed by atoms with Crippen molar-refractivity contribution in [3.63, 3.8) is 0 Å². The van der Waals surface area contributed by atoms with E-state index in [4.69, 9.17) is 11.6 Å². The van der Waals surface area contributed by atoms with Crippen molar-refractivity contribution in [2.75, 3.05) is 5.32 Å². The number of para-hydroxylation sites is 1. The Kier molecular flexibility index (Phi) is 4.64. The van der Waals surface area contributed by atoms with E-state index in [0.717, 1.165) is 0 Å². The number of aliphatic hydroxyl groups excluding tert-OH is 1. The van der Waals surface area contributed by atoms with Crippen LogP contribution in [0.2, 0.25) is 5.02 Å². The Balaban J connectivity index is 1.94. The standard InChI is InChI=1S/C16H13ClN4O4/c17-10-4-5-12(18-6-10)19-13(23)7-21-11-3-1-2-9(8-22)14(11)20-15(21)16(24)25/h1-6,22H,7-8H2,(H,24,25)(H,18,19,23). The summed E-state index contributed by atoms with van der Waals surface area (Å²) in [6.45, 7) is -0.550. The number of aliphatic hydroxyl groups is 1. The number of halogens is 1. The van der Waals surface area contributed by atoms with Gasteiger partial charge in [0, 0.05) is 11.8 Å². The molecule has 3 N–H and O–H groups in total. The quantitative estimate of drug-likeness (QED) is 0.639. The lowest BCUT2D eigenvalue weighted by Crippen LogP contribution is -2.22. The molecule has 0 saturated heterocycles. The van der Waals surface area contributed by atoms with Gasteiger partial charge in [-0.3, -0.25) is 4.79 Å². The first-order valence-electron chi connectivity index (χ1n) is 7.23. The van der Waals surface area contributed by atoms with Crippen LogP contribution < -0.4 is 5.32 Å². The highest BCUT2D eigenvalue weighted by Gasteiger charge is 2.20. The van der Waals surface area contributed by atoms with Gasteiger partial charge in [0.2, 0.25) is 11.7 Å². The number of anilines is 1. The van der Waals surface area contributed by atoms with Crippen molar-refractivity contribution < 1.29 is 19.8 Å². The number of hydrogen-bond acceptors (Lipinski definition) is 5. The van der Waals surface area contributed by atoms with Crippen molar-refractivity contribution in [1.82, 2.24) is 14.5 Å². The zero-order valence-corrected chi connectivity index (χ0v) is 13.6. The molecule has 1 amide bonds. The highest BCUT2D eigenvalue weighted by atomic mass is 35.5. The Hall–Kier alpha value is -2.97. The summed E-state index contributed by atoms with van der Waals surface area (Å²) in [5.41, 5.74) is 1.28. The number of aromatic nitrogens is 3. The number of rotatable bonds is 5. The molecular formula is C16H13ClN4O4. The lowest BCUT2D eigenvalue weighted by atomic mass is 10.2. The topological polar surface area (TPSA) is 117 Å². The summed E-state index contributed by atoms with van der Waals surface area (Å²) in [7, 11) is 0. The van der Waals surface area contributed by atoms with Crippen LogP contribution in [-0.4, -0.2) is 36.6 Å². The van der Waals surface area contributed by atoms with Gasteiger partial charge in [0.15, 0.2) is 0 Å². The number of carbonyl (C=O) groups excluding carboxylic acids is 1. The fraction of sp³-hybridized carbons (Fsp3) is 0.125. The van der Waals surface area contributed by atoms with Crippen LogP contribution in [-0.2, 0) is 17.9 Å². The second-order valence-electron chi connectivity index (χ2n) is 5.18. The molecule has 0 atom stereocenters. The van der Waals surface area contributed by atoms with Crippen LogP contribution in [0.4, 0.5) is 5.82 Å². The summed E-state index contributed by atoms with van der Waals surface area (Å²) >= 11 is 5.74. The summed E-state index contributed by atoms with van der Waals surface area (Å²) in [6.07, 6.45) is 1.39. The summed E-state index contributed by atoms with van der Waals surface area (Å²) in [5.74, 6) is -1.72. The number of carbonyl (C=O) groups is 2. The molecule has 3 rings (SSSR count). The Bertz CT molecular complexity index is 953. The van der Waals surface area contributed by atoms with E-state index < -0.39 is 11.9 Å². The Morgan fingerprint density at radius 2 is 2.04 bits per heavy atom. The fourth-order valence-electron chi connectivity index (χ4n) is 2.43. The van der Waals surface area contributed by atoms with Crippen molar-refractivity contribution in [3.8, 4) is 0 Å². The molecular weight excluding hydrogens is 348 g/mol. The first kappa shape index (κ1) is 16.9. The van der Waals surface area contributed by atoms with E-state index in [9.17, 15) is 19.8 Å². The van der Waals surface area contributed by atoms with Gasteiger partial charge >= 0.3 is 5.97 Å². The van der Waals surface area contributed by atoms with E-state index in [-0.39, 0.29) is 19.0 Å². The van der Waals surface area contributed by atoms with E-state index in [2.05, 4.69) is 15.3 Å². The molecule has 0 bridgehead atoms. The minimum atomic E-state index is -1.27. The maximum Gasteiger partial charge on any atom is 0.372 e. The first-order valence-corrected chi connectivity index (χ1v) is 7.61. The molecule has 1 aromatic carbocycles. The molecule has 8 nitrogen and oxygen atoms in total. The maximum absolute atomic E-state index is 12.3. The number of fused-ring (bicyclic) bond motifs is 1. The van der Waals surface area contributed by atoms with Crippen LogP contribution in [0.15, 0.2) is 36.5 Å². The molecule has 0 aliphatic carbocycles. The van der Waals surface area contributed by atoms with Crippen LogP contribution in [0, 0.1) is 0 Å². The zero-order chi connectivity index (χ0) is 18.0. The Morgan fingerprint density at radius 1 is 1.24 bits per heavy atom. The summed E-state index contributed by atoms with van der Waals surface area (Å²) in [4.78, 5) is 31.7. The summed E-state index contributed by atoms with van der Waals surface area (Å²) < 4.78 is 1.28. The Labute approximate surface area is 146 Å². The molecule has 25 heavy (non-hydrogen) atoms. The van der Waals surface area contributed by atoms with Crippen LogP contribution in [0.1, 0.15) is 16.2 Å². The molecule has 3 aromatic rings. The number of pyridine rings is 1. The molecule has 128 valence electrons.